The Labute approximate surface area is 232 Å². The molecule has 2 aliphatic heterocycles. The van der Waals surface area contributed by atoms with Crippen molar-refractivity contribution in [3.05, 3.63) is 40.1 Å². The van der Waals surface area contributed by atoms with Crippen molar-refractivity contribution >= 4 is 11.4 Å². The number of fused-ring (bicyclic) bond motifs is 1. The first-order chi connectivity index (χ1) is 19.1. The van der Waals surface area contributed by atoms with Crippen molar-refractivity contribution in [2.24, 2.45) is 17.8 Å². The summed E-state index contributed by atoms with van der Waals surface area (Å²) in [5, 5.41) is 0. The fourth-order valence-corrected chi connectivity index (χ4v) is 7.44. The average molecular weight is 564 g/mol. The molecule has 0 bridgehead atoms. The summed E-state index contributed by atoms with van der Waals surface area (Å²) in [5.74, 6) is 1.40. The highest BCUT2D eigenvalue weighted by Gasteiger charge is 2.44. The van der Waals surface area contributed by atoms with E-state index in [4.69, 9.17) is 0 Å². The van der Waals surface area contributed by atoms with Gasteiger partial charge in [0.2, 0.25) is 5.91 Å². The molecule has 12 heteroatoms. The van der Waals surface area contributed by atoms with Crippen LogP contribution in [0.2, 0.25) is 0 Å². The van der Waals surface area contributed by atoms with Gasteiger partial charge in [-0.3, -0.25) is 23.6 Å². The van der Waals surface area contributed by atoms with Gasteiger partial charge in [-0.05, 0) is 55.7 Å². The number of halogens is 3. The van der Waals surface area contributed by atoms with Crippen molar-refractivity contribution < 1.29 is 18.0 Å². The lowest BCUT2D eigenvalue weighted by molar-refractivity contribution is -0.137. The number of carbonyl (C=O) groups is 1. The third-order valence-corrected chi connectivity index (χ3v) is 9.83. The Kier molecular flexibility index (Phi) is 7.47. The largest absolute Gasteiger partial charge is 0.418 e. The fraction of sp³-hybridized carbons (Fsp3) is 0.714. The van der Waals surface area contributed by atoms with Crippen molar-refractivity contribution in [1.82, 2.24) is 34.5 Å². The van der Waals surface area contributed by atoms with Crippen LogP contribution in [-0.2, 0) is 17.5 Å². The standard InChI is InChI=1S/C28H40F3N7O2/c1-34-9-10-36(16-24(34)39)13-18-11-22(28(29,30)31)23-15-37(27(40)38(23)14-18)21-8-4-7-20(12-21)25(19-5-3-6-19)26-33-32-17-35(26)2/h11,14-15,19-21,25-26,32-33H,3-10,12-13,16-17H2,1-2H3/t20?,21?,25-,26?/m1/s1. The quantitative estimate of drug-likeness (QED) is 0.563. The number of piperazine rings is 1. The van der Waals surface area contributed by atoms with Crippen molar-refractivity contribution in [3.8, 4) is 0 Å². The highest BCUT2D eigenvalue weighted by Crippen LogP contribution is 2.47. The first-order valence-corrected chi connectivity index (χ1v) is 14.6. The molecule has 0 aromatic carbocycles. The average Bonchev–Trinajstić information content (AvgIpc) is 3.45. The Morgan fingerprint density at radius 1 is 1.02 bits per heavy atom. The van der Waals surface area contributed by atoms with Crippen molar-refractivity contribution in [3.63, 3.8) is 0 Å². The Hall–Kier alpha value is -2.41. The maximum atomic E-state index is 14.3. The van der Waals surface area contributed by atoms with Crippen LogP contribution < -0.4 is 16.5 Å². The van der Waals surface area contributed by atoms with Gasteiger partial charge in [0.25, 0.3) is 0 Å². The minimum absolute atomic E-state index is 0.0615. The van der Waals surface area contributed by atoms with E-state index in [9.17, 15) is 22.8 Å². The Morgan fingerprint density at radius 3 is 2.42 bits per heavy atom. The van der Waals surface area contributed by atoms with Crippen LogP contribution in [-0.4, -0.2) is 76.1 Å². The van der Waals surface area contributed by atoms with E-state index < -0.39 is 17.4 Å². The molecule has 2 aliphatic carbocycles. The lowest BCUT2D eigenvalue weighted by Gasteiger charge is -2.46. The molecular formula is C28H40F3N7O2. The topological polar surface area (TPSA) is 77.3 Å². The molecular weight excluding hydrogens is 523 g/mol. The van der Waals surface area contributed by atoms with Gasteiger partial charge in [-0.2, -0.15) is 13.2 Å². The molecule has 0 spiro atoms. The number of hydrogen-bond acceptors (Lipinski definition) is 6. The van der Waals surface area contributed by atoms with Crippen molar-refractivity contribution in [2.75, 3.05) is 40.4 Å². The maximum Gasteiger partial charge on any atom is 0.418 e. The zero-order chi connectivity index (χ0) is 28.2. The smallest absolute Gasteiger partial charge is 0.343 e. The molecule has 2 saturated carbocycles. The number of aromatic nitrogens is 2. The summed E-state index contributed by atoms with van der Waals surface area (Å²) in [4.78, 5) is 31.6. The van der Waals surface area contributed by atoms with E-state index in [1.54, 1.807) is 16.5 Å². The summed E-state index contributed by atoms with van der Waals surface area (Å²) >= 11 is 0. The second kappa shape index (κ2) is 10.8. The van der Waals surface area contributed by atoms with Crippen LogP contribution in [0.4, 0.5) is 13.2 Å². The van der Waals surface area contributed by atoms with Gasteiger partial charge in [-0.25, -0.2) is 15.6 Å². The van der Waals surface area contributed by atoms with E-state index in [0.29, 0.717) is 36.4 Å². The van der Waals surface area contributed by atoms with Crippen LogP contribution in [0, 0.1) is 17.8 Å². The lowest BCUT2D eigenvalue weighted by atomic mass is 9.65. The minimum atomic E-state index is -4.60. The van der Waals surface area contributed by atoms with Crippen LogP contribution in [0.1, 0.15) is 62.1 Å². The first kappa shape index (κ1) is 27.7. The Bertz CT molecular complexity index is 1300. The zero-order valence-corrected chi connectivity index (χ0v) is 23.3. The molecule has 9 nitrogen and oxygen atoms in total. The highest BCUT2D eigenvalue weighted by atomic mass is 19.4. The first-order valence-electron chi connectivity index (χ1n) is 14.6. The summed E-state index contributed by atoms with van der Waals surface area (Å²) in [6.45, 7) is 2.21. The molecule has 0 radical (unpaired) electrons. The number of nitrogens with one attached hydrogen (secondary N) is 2. The van der Waals surface area contributed by atoms with Crippen LogP contribution in [0.15, 0.2) is 23.3 Å². The van der Waals surface area contributed by atoms with Crippen LogP contribution in [0.25, 0.3) is 5.52 Å². The number of alkyl halides is 3. The monoisotopic (exact) mass is 563 g/mol. The molecule has 220 valence electrons. The number of carbonyl (C=O) groups excluding carboxylic acids is 1. The highest BCUT2D eigenvalue weighted by molar-refractivity contribution is 5.78. The summed E-state index contributed by atoms with van der Waals surface area (Å²) in [6.07, 6.45) is 5.87. The van der Waals surface area contributed by atoms with E-state index in [0.717, 1.165) is 38.4 Å². The molecule has 2 aromatic rings. The van der Waals surface area contributed by atoms with Gasteiger partial charge in [0.1, 0.15) is 0 Å². The van der Waals surface area contributed by atoms with Gasteiger partial charge in [0, 0.05) is 45.1 Å². The third kappa shape index (κ3) is 5.19. The summed E-state index contributed by atoms with van der Waals surface area (Å²) in [7, 11) is 3.84. The summed E-state index contributed by atoms with van der Waals surface area (Å²) < 4.78 is 45.6. The number of hydrogen-bond donors (Lipinski definition) is 2. The summed E-state index contributed by atoms with van der Waals surface area (Å²) in [5.41, 5.74) is 5.78. The number of hydrazine groups is 1. The Morgan fingerprint density at radius 2 is 1.77 bits per heavy atom. The molecule has 3 unspecified atom stereocenters. The van der Waals surface area contributed by atoms with Crippen molar-refractivity contribution in [2.45, 2.75) is 69.9 Å². The predicted molar refractivity (Wildman–Crippen MR) is 144 cm³/mol. The molecule has 4 atom stereocenters. The summed E-state index contributed by atoms with van der Waals surface area (Å²) in [6, 6.07) is 1.01. The van der Waals surface area contributed by atoms with Gasteiger partial charge in [0.05, 0.1) is 30.5 Å². The van der Waals surface area contributed by atoms with Gasteiger partial charge in [0.15, 0.2) is 0 Å². The van der Waals surface area contributed by atoms with Crippen molar-refractivity contribution in [1.29, 1.82) is 0 Å². The van der Waals surface area contributed by atoms with Crippen LogP contribution >= 0.6 is 0 Å². The molecule has 6 rings (SSSR count). The van der Waals surface area contributed by atoms with Gasteiger partial charge >= 0.3 is 11.9 Å². The maximum absolute atomic E-state index is 14.3. The molecule has 4 fully saturated rings. The predicted octanol–water partition coefficient (Wildman–Crippen LogP) is 2.86. The number of imidazole rings is 1. The van der Waals surface area contributed by atoms with E-state index in [1.807, 2.05) is 4.90 Å². The molecule has 2 saturated heterocycles. The number of amides is 1. The van der Waals surface area contributed by atoms with E-state index in [-0.39, 0.29) is 36.7 Å². The molecule has 4 aliphatic rings. The van der Waals surface area contributed by atoms with Crippen LogP contribution in [0.3, 0.4) is 0 Å². The SMILES string of the molecule is CN1CCN(Cc2cc(C(F)(F)F)c3cn(C4CCCC([C@@H](C5CCC5)C5NNCN5C)C4)c(=O)n3c2)CC1=O. The Balaban J connectivity index is 1.30. The van der Waals surface area contributed by atoms with Gasteiger partial charge in [-0.15, -0.1) is 0 Å². The molecule has 2 aromatic heterocycles. The normalized spacial score (nSPS) is 28.4. The van der Waals surface area contributed by atoms with Gasteiger partial charge < -0.3 is 4.90 Å². The minimum Gasteiger partial charge on any atom is -0.343 e. The second-order valence-corrected chi connectivity index (χ2v) is 12.4. The van der Waals surface area contributed by atoms with Gasteiger partial charge in [-0.1, -0.05) is 25.7 Å². The van der Waals surface area contributed by atoms with E-state index in [2.05, 4.69) is 22.8 Å². The molecule has 4 heterocycles. The lowest BCUT2D eigenvalue weighted by Crippen LogP contribution is -2.50. The third-order valence-electron chi connectivity index (χ3n) is 9.83. The molecule has 2 N–H and O–H groups in total. The number of pyridine rings is 1. The number of nitrogens with zero attached hydrogens (tertiary/aromatic N) is 5. The number of likely N-dealkylation sites (N-methyl/N-ethyl adjacent to an activating group) is 1. The number of rotatable bonds is 6. The van der Waals surface area contributed by atoms with Crippen LogP contribution in [0.5, 0.6) is 0 Å². The zero-order valence-electron chi connectivity index (χ0n) is 23.3. The second-order valence-electron chi connectivity index (χ2n) is 12.4. The fourth-order valence-electron chi connectivity index (χ4n) is 7.44. The van der Waals surface area contributed by atoms with E-state index >= 15 is 0 Å². The molecule has 40 heavy (non-hydrogen) atoms. The van der Waals surface area contributed by atoms with E-state index in [1.165, 1.54) is 36.1 Å². The molecule has 1 amide bonds.